The number of amides is 1. The maximum Gasteiger partial charge on any atom is 0.221 e. The molecule has 122 valence electrons. The average Bonchev–Trinajstić information content (AvgIpc) is 2.56. The Morgan fingerprint density at radius 2 is 1.83 bits per heavy atom. The fraction of sp³-hybridized carbons (Fsp3) is 0.278. The molecule has 0 aliphatic carbocycles. The van der Waals surface area contributed by atoms with E-state index in [2.05, 4.69) is 5.32 Å². The van der Waals surface area contributed by atoms with E-state index in [0.717, 1.165) is 27.0 Å². The third kappa shape index (κ3) is 5.81. The Balaban J connectivity index is 1.76. The van der Waals surface area contributed by atoms with Crippen molar-refractivity contribution < 1.29 is 9.53 Å². The van der Waals surface area contributed by atoms with E-state index in [1.165, 1.54) is 0 Å². The van der Waals surface area contributed by atoms with E-state index in [1.807, 2.05) is 55.5 Å². The van der Waals surface area contributed by atoms with Gasteiger partial charge in [0.2, 0.25) is 5.91 Å². The van der Waals surface area contributed by atoms with Crippen LogP contribution in [0.5, 0.6) is 5.75 Å². The molecule has 2 aromatic carbocycles. The van der Waals surface area contributed by atoms with Crippen LogP contribution in [0.1, 0.15) is 24.9 Å². The molecule has 0 spiro atoms. The molecule has 2 aromatic rings. The van der Waals surface area contributed by atoms with E-state index in [-0.39, 0.29) is 11.9 Å². The van der Waals surface area contributed by atoms with Gasteiger partial charge in [-0.25, -0.2) is 0 Å². The van der Waals surface area contributed by atoms with Crippen LogP contribution < -0.4 is 10.1 Å². The predicted octanol–water partition coefficient (Wildman–Crippen LogP) is 4.71. The summed E-state index contributed by atoms with van der Waals surface area (Å²) in [5.74, 6) is 1.60. The molecule has 0 fully saturated rings. The van der Waals surface area contributed by atoms with Gasteiger partial charge in [0.15, 0.2) is 0 Å². The highest BCUT2D eigenvalue weighted by molar-refractivity contribution is 7.99. The number of hydrogen-bond acceptors (Lipinski definition) is 3. The molecule has 23 heavy (non-hydrogen) atoms. The van der Waals surface area contributed by atoms with Crippen LogP contribution in [0.25, 0.3) is 0 Å². The zero-order valence-corrected chi connectivity index (χ0v) is 14.8. The third-order valence-corrected chi connectivity index (χ3v) is 4.67. The van der Waals surface area contributed by atoms with Crippen LogP contribution >= 0.6 is 23.4 Å². The predicted molar refractivity (Wildman–Crippen MR) is 96.3 cm³/mol. The van der Waals surface area contributed by atoms with Crippen LogP contribution in [-0.2, 0) is 4.79 Å². The monoisotopic (exact) mass is 349 g/mol. The molecule has 3 nitrogen and oxygen atoms in total. The summed E-state index contributed by atoms with van der Waals surface area (Å²) >= 11 is 7.50. The molecule has 0 aliphatic rings. The van der Waals surface area contributed by atoms with Crippen LogP contribution in [-0.4, -0.2) is 18.8 Å². The summed E-state index contributed by atoms with van der Waals surface area (Å²) in [6.07, 6.45) is 0.480. The molecule has 1 atom stereocenters. The zero-order chi connectivity index (χ0) is 16.7. The van der Waals surface area contributed by atoms with Crippen LogP contribution in [0.15, 0.2) is 53.4 Å². The van der Waals surface area contributed by atoms with Gasteiger partial charge in [0.05, 0.1) is 13.2 Å². The van der Waals surface area contributed by atoms with Gasteiger partial charge in [-0.15, -0.1) is 11.8 Å². The Kier molecular flexibility index (Phi) is 6.81. The maximum atomic E-state index is 12.0. The molecule has 0 unspecified atom stereocenters. The SMILES string of the molecule is COc1ccc([C@H](C)NC(=O)CCSc2ccc(Cl)cc2)cc1. The first kappa shape index (κ1) is 17.7. The van der Waals surface area contributed by atoms with Crippen molar-refractivity contribution in [3.8, 4) is 5.75 Å². The molecule has 5 heteroatoms. The first-order valence-corrected chi connectivity index (χ1v) is 8.76. The molecule has 0 saturated carbocycles. The van der Waals surface area contributed by atoms with E-state index in [1.54, 1.807) is 18.9 Å². The lowest BCUT2D eigenvalue weighted by atomic mass is 10.1. The summed E-state index contributed by atoms with van der Waals surface area (Å²) in [5, 5.41) is 3.74. The van der Waals surface area contributed by atoms with Crippen molar-refractivity contribution in [2.75, 3.05) is 12.9 Å². The number of halogens is 1. The highest BCUT2D eigenvalue weighted by Crippen LogP contribution is 2.21. The van der Waals surface area contributed by atoms with Crippen molar-refractivity contribution in [2.24, 2.45) is 0 Å². The second-order valence-corrected chi connectivity index (χ2v) is 6.72. The van der Waals surface area contributed by atoms with Crippen LogP contribution in [0, 0.1) is 0 Å². The van der Waals surface area contributed by atoms with Crippen LogP contribution in [0.2, 0.25) is 5.02 Å². The standard InChI is InChI=1S/C18H20ClNO2S/c1-13(14-3-7-16(22-2)8-4-14)20-18(21)11-12-23-17-9-5-15(19)6-10-17/h3-10,13H,11-12H2,1-2H3,(H,20,21)/t13-/m0/s1. The maximum absolute atomic E-state index is 12.0. The molecular formula is C18H20ClNO2S. The van der Waals surface area contributed by atoms with Gasteiger partial charge in [-0.1, -0.05) is 23.7 Å². The number of hydrogen-bond donors (Lipinski definition) is 1. The van der Waals surface area contributed by atoms with Crippen molar-refractivity contribution in [3.05, 3.63) is 59.1 Å². The summed E-state index contributed by atoms with van der Waals surface area (Å²) in [4.78, 5) is 13.1. The smallest absolute Gasteiger partial charge is 0.221 e. The number of benzene rings is 2. The Morgan fingerprint density at radius 1 is 1.17 bits per heavy atom. The minimum Gasteiger partial charge on any atom is -0.497 e. The lowest BCUT2D eigenvalue weighted by Crippen LogP contribution is -2.26. The lowest BCUT2D eigenvalue weighted by molar-refractivity contribution is -0.121. The first-order valence-electron chi connectivity index (χ1n) is 7.40. The number of methoxy groups -OCH3 is 1. The van der Waals surface area contributed by atoms with E-state index in [9.17, 15) is 4.79 Å². The van der Waals surface area contributed by atoms with Crippen LogP contribution in [0.4, 0.5) is 0 Å². The quantitative estimate of drug-likeness (QED) is 0.736. The van der Waals surface area contributed by atoms with Gasteiger partial charge >= 0.3 is 0 Å². The molecule has 0 heterocycles. The second kappa shape index (κ2) is 8.85. The normalized spacial score (nSPS) is 11.8. The molecule has 0 radical (unpaired) electrons. The fourth-order valence-electron chi connectivity index (χ4n) is 2.08. The summed E-state index contributed by atoms with van der Waals surface area (Å²) in [6.45, 7) is 1.98. The van der Waals surface area contributed by atoms with Gasteiger partial charge in [-0.2, -0.15) is 0 Å². The van der Waals surface area contributed by atoms with Gasteiger partial charge in [0, 0.05) is 22.1 Å². The highest BCUT2D eigenvalue weighted by Gasteiger charge is 2.09. The van der Waals surface area contributed by atoms with Crippen molar-refractivity contribution in [1.29, 1.82) is 0 Å². The molecule has 2 rings (SSSR count). The van der Waals surface area contributed by atoms with Crippen molar-refractivity contribution in [1.82, 2.24) is 5.32 Å². The lowest BCUT2D eigenvalue weighted by Gasteiger charge is -2.14. The van der Waals surface area contributed by atoms with E-state index in [0.29, 0.717) is 6.42 Å². The second-order valence-electron chi connectivity index (χ2n) is 5.11. The van der Waals surface area contributed by atoms with Gasteiger partial charge in [-0.05, 0) is 48.9 Å². The van der Waals surface area contributed by atoms with Crippen molar-refractivity contribution >= 4 is 29.3 Å². The molecular weight excluding hydrogens is 330 g/mol. The average molecular weight is 350 g/mol. The molecule has 1 amide bonds. The molecule has 0 aliphatic heterocycles. The summed E-state index contributed by atoms with van der Waals surface area (Å²) in [5.41, 5.74) is 1.06. The van der Waals surface area contributed by atoms with Crippen LogP contribution in [0.3, 0.4) is 0 Å². The molecule has 0 bridgehead atoms. The topological polar surface area (TPSA) is 38.3 Å². The van der Waals surface area contributed by atoms with Gasteiger partial charge < -0.3 is 10.1 Å². The number of carbonyl (C=O) groups is 1. The van der Waals surface area contributed by atoms with Gasteiger partial charge in [-0.3, -0.25) is 4.79 Å². The third-order valence-electron chi connectivity index (χ3n) is 3.40. The van der Waals surface area contributed by atoms with Crippen molar-refractivity contribution in [3.63, 3.8) is 0 Å². The summed E-state index contributed by atoms with van der Waals surface area (Å²) in [6, 6.07) is 15.3. The largest absolute Gasteiger partial charge is 0.497 e. The minimum atomic E-state index is -0.0195. The minimum absolute atomic E-state index is 0.0195. The van der Waals surface area contributed by atoms with E-state index >= 15 is 0 Å². The first-order chi connectivity index (χ1) is 11.1. The zero-order valence-electron chi connectivity index (χ0n) is 13.2. The number of thioether (sulfide) groups is 1. The number of nitrogens with one attached hydrogen (secondary N) is 1. The Hall–Kier alpha value is -1.65. The van der Waals surface area contributed by atoms with Gasteiger partial charge in [0.25, 0.3) is 0 Å². The number of rotatable bonds is 7. The van der Waals surface area contributed by atoms with Crippen molar-refractivity contribution in [2.45, 2.75) is 24.3 Å². The Morgan fingerprint density at radius 3 is 2.43 bits per heavy atom. The number of ether oxygens (including phenoxy) is 1. The van der Waals surface area contributed by atoms with E-state index < -0.39 is 0 Å². The van der Waals surface area contributed by atoms with E-state index in [4.69, 9.17) is 16.3 Å². The molecule has 1 N–H and O–H groups in total. The summed E-state index contributed by atoms with van der Waals surface area (Å²) < 4.78 is 5.13. The fourth-order valence-corrected chi connectivity index (χ4v) is 3.06. The Labute approximate surface area is 146 Å². The molecule has 0 saturated heterocycles. The Bertz CT molecular complexity index is 628. The number of carbonyl (C=O) groups excluding carboxylic acids is 1. The molecule has 0 aromatic heterocycles. The summed E-state index contributed by atoms with van der Waals surface area (Å²) in [7, 11) is 1.64. The van der Waals surface area contributed by atoms with Gasteiger partial charge in [0.1, 0.15) is 5.75 Å². The highest BCUT2D eigenvalue weighted by atomic mass is 35.5.